The lowest BCUT2D eigenvalue weighted by Crippen LogP contribution is -2.35. The van der Waals surface area contributed by atoms with E-state index in [0.717, 1.165) is 5.01 Å². The quantitative estimate of drug-likeness (QED) is 0.301. The van der Waals surface area contributed by atoms with Gasteiger partial charge in [0.1, 0.15) is 22.8 Å². The summed E-state index contributed by atoms with van der Waals surface area (Å²) in [7, 11) is 1.40. The molecule has 3 aromatic rings. The van der Waals surface area contributed by atoms with Crippen molar-refractivity contribution in [2.45, 2.75) is 0 Å². The van der Waals surface area contributed by atoms with Crippen molar-refractivity contribution in [3.63, 3.8) is 0 Å². The second-order valence-corrected chi connectivity index (χ2v) is 6.32. The molecule has 9 heteroatoms. The van der Waals surface area contributed by atoms with Crippen LogP contribution in [0.25, 0.3) is 17.4 Å². The highest BCUT2D eigenvalue weighted by Gasteiger charge is 2.34. The number of carbonyl (C=O) groups excluding carboxylic acids is 2. The number of para-hydroxylation sites is 1. The van der Waals surface area contributed by atoms with Crippen LogP contribution >= 0.6 is 0 Å². The number of ether oxygens (including phenoxy) is 1. The predicted molar refractivity (Wildman–Crippen MR) is 107 cm³/mol. The molecule has 0 spiro atoms. The van der Waals surface area contributed by atoms with Crippen molar-refractivity contribution in [3.8, 4) is 17.1 Å². The zero-order chi connectivity index (χ0) is 21.3. The number of nitrogens with zero attached hydrogens (tertiary/aromatic N) is 2. The Balaban J connectivity index is 1.63. The molecule has 0 atom stereocenters. The number of hydrogen-bond acceptors (Lipinski definition) is 6. The van der Waals surface area contributed by atoms with Crippen LogP contribution in [0.2, 0.25) is 0 Å². The molecule has 2 aromatic carbocycles. The Morgan fingerprint density at radius 2 is 1.87 bits per heavy atom. The first-order valence-corrected chi connectivity index (χ1v) is 8.83. The molecule has 1 aliphatic heterocycles. The van der Waals surface area contributed by atoms with E-state index in [9.17, 15) is 19.7 Å². The minimum absolute atomic E-state index is 0.0737. The fraction of sp³-hybridized carbons (Fsp3) is 0.0476. The number of nitrogens with one attached hydrogen (secondary N) is 1. The monoisotopic (exact) mass is 405 g/mol. The fourth-order valence-electron chi connectivity index (χ4n) is 3.03. The van der Waals surface area contributed by atoms with Crippen molar-refractivity contribution in [1.82, 2.24) is 5.43 Å². The van der Waals surface area contributed by atoms with Crippen molar-refractivity contribution in [2.75, 3.05) is 12.1 Å². The van der Waals surface area contributed by atoms with Crippen LogP contribution in [0.5, 0.6) is 5.75 Å². The van der Waals surface area contributed by atoms with Crippen LogP contribution in [0.4, 0.5) is 11.4 Å². The number of amides is 2. The number of nitro benzene ring substituents is 1. The van der Waals surface area contributed by atoms with Crippen molar-refractivity contribution in [1.29, 1.82) is 0 Å². The molecule has 0 aliphatic carbocycles. The van der Waals surface area contributed by atoms with E-state index in [2.05, 4.69) is 5.43 Å². The summed E-state index contributed by atoms with van der Waals surface area (Å²) in [5.74, 6) is -0.132. The van der Waals surface area contributed by atoms with Gasteiger partial charge >= 0.3 is 0 Å². The Bertz CT molecular complexity index is 1180. The van der Waals surface area contributed by atoms with E-state index in [1.807, 2.05) is 0 Å². The van der Waals surface area contributed by atoms with Gasteiger partial charge in [-0.2, -0.15) is 0 Å². The average Bonchev–Trinajstić information content (AvgIpc) is 3.34. The van der Waals surface area contributed by atoms with Crippen LogP contribution in [-0.4, -0.2) is 23.8 Å². The lowest BCUT2D eigenvalue weighted by atomic mass is 10.1. The Kier molecular flexibility index (Phi) is 4.77. The summed E-state index contributed by atoms with van der Waals surface area (Å²) in [4.78, 5) is 35.4. The minimum atomic E-state index is -0.547. The molecule has 30 heavy (non-hydrogen) atoms. The van der Waals surface area contributed by atoms with Crippen molar-refractivity contribution in [3.05, 3.63) is 82.1 Å². The molecule has 1 aromatic heterocycles. The number of rotatable bonds is 5. The summed E-state index contributed by atoms with van der Waals surface area (Å²) in [5.41, 5.74) is 3.37. The third kappa shape index (κ3) is 3.39. The Morgan fingerprint density at radius 1 is 1.10 bits per heavy atom. The third-order valence-electron chi connectivity index (χ3n) is 4.48. The molecule has 4 rings (SSSR count). The van der Waals surface area contributed by atoms with Gasteiger partial charge in [-0.3, -0.25) is 25.1 Å². The summed E-state index contributed by atoms with van der Waals surface area (Å²) in [6.45, 7) is 0. The summed E-state index contributed by atoms with van der Waals surface area (Å²) >= 11 is 0. The Morgan fingerprint density at radius 3 is 2.57 bits per heavy atom. The molecule has 1 aliphatic rings. The molecular weight excluding hydrogens is 390 g/mol. The Labute approximate surface area is 170 Å². The van der Waals surface area contributed by atoms with Crippen LogP contribution in [0.1, 0.15) is 5.76 Å². The van der Waals surface area contributed by atoms with E-state index in [4.69, 9.17) is 9.15 Å². The van der Waals surface area contributed by atoms with Crippen molar-refractivity contribution < 1.29 is 23.7 Å². The highest BCUT2D eigenvalue weighted by atomic mass is 16.6. The topological polar surface area (TPSA) is 115 Å². The van der Waals surface area contributed by atoms with Gasteiger partial charge in [-0.05, 0) is 36.4 Å². The maximum absolute atomic E-state index is 12.6. The van der Waals surface area contributed by atoms with Crippen molar-refractivity contribution >= 4 is 29.3 Å². The number of hydrazine groups is 1. The molecule has 9 nitrogen and oxygen atoms in total. The van der Waals surface area contributed by atoms with Gasteiger partial charge in [-0.15, -0.1) is 0 Å². The third-order valence-corrected chi connectivity index (χ3v) is 4.48. The van der Waals surface area contributed by atoms with Crippen LogP contribution < -0.4 is 15.2 Å². The van der Waals surface area contributed by atoms with E-state index >= 15 is 0 Å². The number of hydrogen-bond donors (Lipinski definition) is 1. The summed E-state index contributed by atoms with van der Waals surface area (Å²) in [6, 6.07) is 16.1. The fourth-order valence-corrected chi connectivity index (χ4v) is 3.03. The summed E-state index contributed by atoms with van der Waals surface area (Å²) in [5, 5.41) is 12.1. The summed E-state index contributed by atoms with van der Waals surface area (Å²) in [6.07, 6.45) is 1.35. The predicted octanol–water partition coefficient (Wildman–Crippen LogP) is 3.32. The number of non-ortho nitro benzene ring substituents is 1. The van der Waals surface area contributed by atoms with E-state index < -0.39 is 16.7 Å². The maximum Gasteiger partial charge on any atom is 0.282 e. The number of anilines is 1. The van der Waals surface area contributed by atoms with Gasteiger partial charge in [0.25, 0.3) is 17.5 Å². The van der Waals surface area contributed by atoms with E-state index in [0.29, 0.717) is 17.0 Å². The van der Waals surface area contributed by atoms with Crippen molar-refractivity contribution in [2.24, 2.45) is 0 Å². The number of carbonyl (C=O) groups is 2. The molecular formula is C21H15N3O6. The van der Waals surface area contributed by atoms with E-state index in [1.54, 1.807) is 42.5 Å². The molecule has 0 unspecified atom stereocenters. The number of benzene rings is 2. The highest BCUT2D eigenvalue weighted by molar-refractivity contribution is 6.31. The number of furan rings is 1. The second-order valence-electron chi connectivity index (χ2n) is 6.32. The molecule has 1 saturated heterocycles. The lowest BCUT2D eigenvalue weighted by Gasteiger charge is -2.13. The first kappa shape index (κ1) is 18.9. The molecule has 1 fully saturated rings. The lowest BCUT2D eigenvalue weighted by molar-refractivity contribution is -0.384. The standard InChI is InChI=1S/C21H15N3O6/c1-29-19-11-14(24(27)28)7-9-16(19)18-10-8-15(30-18)12-17-20(25)22-23(21(17)26)13-5-3-2-4-6-13/h2-12H,1H3,(H,22,25)/b17-12+. The van der Waals surface area contributed by atoms with Crippen LogP contribution in [0.3, 0.4) is 0 Å². The smallest absolute Gasteiger partial charge is 0.282 e. The van der Waals surface area contributed by atoms with E-state index in [1.165, 1.54) is 31.4 Å². The SMILES string of the molecule is COc1cc([N+](=O)[O-])ccc1-c1ccc(/C=C2\C(=O)NN(c3ccccc3)C2=O)o1. The zero-order valence-electron chi connectivity index (χ0n) is 15.7. The molecule has 1 N–H and O–H groups in total. The van der Waals surface area contributed by atoms with Gasteiger partial charge in [-0.1, -0.05) is 18.2 Å². The van der Waals surface area contributed by atoms with Gasteiger partial charge in [0.05, 0.1) is 29.4 Å². The van der Waals surface area contributed by atoms with Crippen LogP contribution in [0.15, 0.2) is 70.7 Å². The Hall–Kier alpha value is -4.40. The zero-order valence-corrected chi connectivity index (χ0v) is 15.7. The molecule has 150 valence electrons. The largest absolute Gasteiger partial charge is 0.496 e. The molecule has 2 amide bonds. The molecule has 0 saturated carbocycles. The van der Waals surface area contributed by atoms with Gasteiger partial charge in [0, 0.05) is 6.07 Å². The average molecular weight is 405 g/mol. The molecule has 2 heterocycles. The normalized spacial score (nSPS) is 14.8. The number of methoxy groups -OCH3 is 1. The number of nitro groups is 1. The first-order chi connectivity index (χ1) is 14.5. The van der Waals surface area contributed by atoms with Gasteiger partial charge in [0.15, 0.2) is 0 Å². The van der Waals surface area contributed by atoms with Crippen LogP contribution in [0, 0.1) is 10.1 Å². The highest BCUT2D eigenvalue weighted by Crippen LogP contribution is 2.34. The molecule has 0 bridgehead atoms. The van der Waals surface area contributed by atoms with Gasteiger partial charge < -0.3 is 9.15 Å². The second kappa shape index (κ2) is 7.55. The van der Waals surface area contributed by atoms with Gasteiger partial charge in [-0.25, -0.2) is 5.01 Å². The molecule has 0 radical (unpaired) electrons. The minimum Gasteiger partial charge on any atom is -0.496 e. The summed E-state index contributed by atoms with van der Waals surface area (Å²) < 4.78 is 11.0. The van der Waals surface area contributed by atoms with Gasteiger partial charge in [0.2, 0.25) is 0 Å². The van der Waals surface area contributed by atoms with E-state index in [-0.39, 0.29) is 22.8 Å². The first-order valence-electron chi connectivity index (χ1n) is 8.83. The maximum atomic E-state index is 12.6. The van der Waals surface area contributed by atoms with Crippen LogP contribution in [-0.2, 0) is 9.59 Å².